The Balaban J connectivity index is 1.73. The Morgan fingerprint density at radius 2 is 1.89 bits per heavy atom. The van der Waals surface area contributed by atoms with Gasteiger partial charge < -0.3 is 0 Å². The highest BCUT2D eigenvalue weighted by Crippen LogP contribution is 2.29. The van der Waals surface area contributed by atoms with Crippen LogP contribution in [0, 0.1) is 0 Å². The predicted molar refractivity (Wildman–Crippen MR) is 81.7 cm³/mol. The first-order valence-corrected chi connectivity index (χ1v) is 8.14. The van der Waals surface area contributed by atoms with E-state index < -0.39 is 0 Å². The molecule has 1 aromatic carbocycles. The fraction of sp³-hybridized carbons (Fsp3) is 0.667. The van der Waals surface area contributed by atoms with E-state index in [9.17, 15) is 0 Å². The summed E-state index contributed by atoms with van der Waals surface area (Å²) < 4.78 is 0. The Labute approximate surface area is 118 Å². The van der Waals surface area contributed by atoms with E-state index in [1.54, 1.807) is 11.1 Å². The zero-order valence-electron chi connectivity index (χ0n) is 12.5. The maximum Gasteiger partial charge on any atom is 0.0104 e. The van der Waals surface area contributed by atoms with Crippen LogP contribution in [0.3, 0.4) is 0 Å². The first-order valence-electron chi connectivity index (χ1n) is 8.14. The van der Waals surface area contributed by atoms with Crippen molar-refractivity contribution in [3.8, 4) is 0 Å². The monoisotopic (exact) mass is 257 g/mol. The molecule has 0 N–H and O–H groups in total. The van der Waals surface area contributed by atoms with Gasteiger partial charge in [0.1, 0.15) is 0 Å². The number of rotatable bonds is 2. The van der Waals surface area contributed by atoms with Gasteiger partial charge in [-0.15, -0.1) is 0 Å². The largest absolute Gasteiger partial charge is 0.298 e. The number of fused-ring (bicyclic) bond motifs is 1. The summed E-state index contributed by atoms with van der Waals surface area (Å²) in [4.78, 5) is 2.78. The van der Waals surface area contributed by atoms with Crippen LogP contribution >= 0.6 is 0 Å². The third kappa shape index (κ3) is 2.72. The van der Waals surface area contributed by atoms with Crippen molar-refractivity contribution in [2.45, 2.75) is 70.9 Å². The second-order valence-corrected chi connectivity index (χ2v) is 6.42. The molecular weight excluding hydrogens is 230 g/mol. The average Bonchev–Trinajstić information content (AvgIpc) is 2.75. The molecule has 0 amide bonds. The van der Waals surface area contributed by atoms with Gasteiger partial charge in [0.15, 0.2) is 0 Å². The zero-order chi connectivity index (χ0) is 13.2. The molecule has 1 heteroatoms. The quantitative estimate of drug-likeness (QED) is 0.724. The van der Waals surface area contributed by atoms with E-state index in [4.69, 9.17) is 0 Å². The Morgan fingerprint density at radius 3 is 2.58 bits per heavy atom. The smallest absolute Gasteiger partial charge is 0.0104 e. The van der Waals surface area contributed by atoms with Crippen LogP contribution in [0.1, 0.15) is 56.2 Å². The van der Waals surface area contributed by atoms with Gasteiger partial charge >= 0.3 is 0 Å². The van der Waals surface area contributed by atoms with Crippen molar-refractivity contribution < 1.29 is 0 Å². The lowest BCUT2D eigenvalue weighted by Gasteiger charge is -2.30. The van der Waals surface area contributed by atoms with Crippen molar-refractivity contribution in [1.82, 2.24) is 4.90 Å². The highest BCUT2D eigenvalue weighted by Gasteiger charge is 2.28. The lowest BCUT2D eigenvalue weighted by Crippen LogP contribution is -2.37. The van der Waals surface area contributed by atoms with Crippen molar-refractivity contribution in [2.75, 3.05) is 6.54 Å². The first-order chi connectivity index (χ1) is 9.28. The second-order valence-electron chi connectivity index (χ2n) is 6.42. The van der Waals surface area contributed by atoms with Crippen molar-refractivity contribution in [3.05, 3.63) is 34.9 Å². The summed E-state index contributed by atoms with van der Waals surface area (Å²) in [6.07, 6.45) is 9.28. The Morgan fingerprint density at radius 1 is 1.11 bits per heavy atom. The molecule has 3 rings (SSSR count). The molecule has 2 atom stereocenters. The van der Waals surface area contributed by atoms with Crippen molar-refractivity contribution in [1.29, 1.82) is 0 Å². The summed E-state index contributed by atoms with van der Waals surface area (Å²) in [5.41, 5.74) is 4.76. The molecule has 0 aromatic heterocycles. The average molecular weight is 257 g/mol. The molecule has 1 unspecified atom stereocenters. The molecule has 0 radical (unpaired) electrons. The minimum absolute atomic E-state index is 0.817. The van der Waals surface area contributed by atoms with E-state index in [1.165, 1.54) is 57.1 Å². The molecule has 0 spiro atoms. The van der Waals surface area contributed by atoms with Crippen LogP contribution in [-0.4, -0.2) is 23.5 Å². The van der Waals surface area contributed by atoms with E-state index in [-0.39, 0.29) is 0 Å². The fourth-order valence-corrected chi connectivity index (χ4v) is 3.99. The highest BCUT2D eigenvalue weighted by molar-refractivity contribution is 5.33. The van der Waals surface area contributed by atoms with Crippen molar-refractivity contribution in [2.24, 2.45) is 0 Å². The number of benzene rings is 1. The fourth-order valence-electron chi connectivity index (χ4n) is 3.99. The van der Waals surface area contributed by atoms with E-state index in [2.05, 4.69) is 36.9 Å². The molecule has 1 nitrogen and oxygen atoms in total. The molecule has 1 saturated heterocycles. The number of likely N-dealkylation sites (tertiary alicyclic amines) is 1. The summed E-state index contributed by atoms with van der Waals surface area (Å²) in [5.74, 6) is 0. The molecule has 19 heavy (non-hydrogen) atoms. The molecule has 0 saturated carbocycles. The van der Waals surface area contributed by atoms with Crippen LogP contribution in [0.5, 0.6) is 0 Å². The van der Waals surface area contributed by atoms with Crippen LogP contribution in [0.2, 0.25) is 0 Å². The third-order valence-corrected chi connectivity index (χ3v) is 5.25. The maximum absolute atomic E-state index is 2.78. The number of hydrogen-bond donors (Lipinski definition) is 0. The summed E-state index contributed by atoms with van der Waals surface area (Å²) in [7, 11) is 0. The van der Waals surface area contributed by atoms with E-state index >= 15 is 0 Å². The minimum Gasteiger partial charge on any atom is -0.298 e. The molecule has 1 fully saturated rings. The maximum atomic E-state index is 2.78. The van der Waals surface area contributed by atoms with Gasteiger partial charge in [0.25, 0.3) is 0 Å². The molecular formula is C18H27N. The SMILES string of the molecule is CCc1ccc2c(c1)CCC(N1CCC[C@@H]1C)CC2. The van der Waals surface area contributed by atoms with Gasteiger partial charge in [-0.2, -0.15) is 0 Å². The molecule has 1 aromatic rings. The Bertz CT molecular complexity index is 437. The van der Waals surface area contributed by atoms with Crippen LogP contribution in [0.15, 0.2) is 18.2 Å². The summed E-state index contributed by atoms with van der Waals surface area (Å²) in [5, 5.41) is 0. The summed E-state index contributed by atoms with van der Waals surface area (Å²) in [6.45, 7) is 6.01. The van der Waals surface area contributed by atoms with Gasteiger partial charge in [-0.25, -0.2) is 0 Å². The van der Waals surface area contributed by atoms with Gasteiger partial charge in [0, 0.05) is 12.1 Å². The highest BCUT2D eigenvalue weighted by atomic mass is 15.2. The van der Waals surface area contributed by atoms with E-state index in [0.717, 1.165) is 12.1 Å². The van der Waals surface area contributed by atoms with Crippen LogP contribution < -0.4 is 0 Å². The molecule has 2 aliphatic rings. The van der Waals surface area contributed by atoms with E-state index in [0.29, 0.717) is 0 Å². The topological polar surface area (TPSA) is 3.24 Å². The van der Waals surface area contributed by atoms with Gasteiger partial charge in [0.2, 0.25) is 0 Å². The normalized spacial score (nSPS) is 28.1. The standard InChI is InChI=1S/C18H27N/c1-3-15-6-7-16-8-10-18(11-9-17(16)13-15)19-12-4-5-14(19)2/h6-7,13-14,18H,3-5,8-12H2,1-2H3/t14-,18?/m0/s1. The van der Waals surface area contributed by atoms with Gasteiger partial charge in [-0.3, -0.25) is 4.90 Å². The minimum atomic E-state index is 0.817. The number of aryl methyl sites for hydroxylation is 3. The van der Waals surface area contributed by atoms with E-state index in [1.807, 2.05) is 0 Å². The second kappa shape index (κ2) is 5.66. The van der Waals surface area contributed by atoms with Crippen LogP contribution in [0.4, 0.5) is 0 Å². The Kier molecular flexibility index (Phi) is 3.93. The molecule has 0 bridgehead atoms. The van der Waals surface area contributed by atoms with Gasteiger partial charge in [-0.05, 0) is 75.1 Å². The Hall–Kier alpha value is -0.820. The van der Waals surface area contributed by atoms with Crippen LogP contribution in [-0.2, 0) is 19.3 Å². The number of nitrogens with zero attached hydrogens (tertiary/aromatic N) is 1. The summed E-state index contributed by atoms with van der Waals surface area (Å²) >= 11 is 0. The predicted octanol–water partition coefficient (Wildman–Crippen LogP) is 3.98. The van der Waals surface area contributed by atoms with Gasteiger partial charge in [0.05, 0.1) is 0 Å². The molecule has 1 heterocycles. The molecule has 1 aliphatic heterocycles. The molecule has 1 aliphatic carbocycles. The lowest BCUT2D eigenvalue weighted by molar-refractivity contribution is 0.174. The van der Waals surface area contributed by atoms with Gasteiger partial charge in [-0.1, -0.05) is 25.1 Å². The van der Waals surface area contributed by atoms with Crippen LogP contribution in [0.25, 0.3) is 0 Å². The lowest BCUT2D eigenvalue weighted by atomic mass is 9.99. The molecule has 104 valence electrons. The first kappa shape index (κ1) is 13.2. The van der Waals surface area contributed by atoms with Crippen molar-refractivity contribution >= 4 is 0 Å². The van der Waals surface area contributed by atoms with Crippen molar-refractivity contribution in [3.63, 3.8) is 0 Å². The third-order valence-electron chi connectivity index (χ3n) is 5.25. The summed E-state index contributed by atoms with van der Waals surface area (Å²) in [6, 6.07) is 8.83. The number of hydrogen-bond acceptors (Lipinski definition) is 1. The zero-order valence-corrected chi connectivity index (χ0v) is 12.5.